The summed E-state index contributed by atoms with van der Waals surface area (Å²) in [7, 11) is 0. The van der Waals surface area contributed by atoms with Gasteiger partial charge in [-0.1, -0.05) is 81.0 Å². The molecule has 2 aliphatic rings. The maximum Gasteiger partial charge on any atom is 0.0702 e. The lowest BCUT2D eigenvalue weighted by Crippen LogP contribution is -2.22. The van der Waals surface area contributed by atoms with Crippen LogP contribution in [0.15, 0.2) is 54.7 Å². The fraction of sp³-hybridized carbons (Fsp3) is 0.414. The van der Waals surface area contributed by atoms with Gasteiger partial charge in [0.15, 0.2) is 0 Å². The summed E-state index contributed by atoms with van der Waals surface area (Å²) in [6.07, 6.45) is 11.7. The molecule has 1 heteroatoms. The summed E-state index contributed by atoms with van der Waals surface area (Å²) in [6, 6.07) is 18.5. The van der Waals surface area contributed by atoms with Crippen molar-refractivity contribution >= 4 is 0 Å². The molecule has 0 bridgehead atoms. The molecule has 1 fully saturated rings. The molecule has 1 heterocycles. The second-order valence-electron chi connectivity index (χ2n) is 9.91. The normalized spacial score (nSPS) is 20.8. The Labute approximate surface area is 181 Å². The first-order chi connectivity index (χ1) is 14.5. The molecule has 0 aliphatic heterocycles. The molecule has 1 nitrogen and oxygen atoms in total. The van der Waals surface area contributed by atoms with Crippen molar-refractivity contribution in [1.82, 2.24) is 4.98 Å². The standard InChI is InChI=1S/C29H33N/c1-20-9-12-26-24(17-20)25-18-23(28-14-10-21(2)19-30-28)11-13-27(25)29(26,3)16-15-22-7-5-4-6-8-22/h9-14,17-19,22H,4-8,15-16H2,1-3H3. The van der Waals surface area contributed by atoms with Crippen LogP contribution in [0.4, 0.5) is 0 Å². The third-order valence-corrected chi connectivity index (χ3v) is 7.66. The number of hydrogen-bond acceptors (Lipinski definition) is 1. The number of fused-ring (bicyclic) bond motifs is 3. The molecule has 0 amide bonds. The number of aryl methyl sites for hydroxylation is 2. The lowest BCUT2D eigenvalue weighted by atomic mass is 9.73. The molecule has 1 atom stereocenters. The molecule has 0 spiro atoms. The molecule has 0 N–H and O–H groups in total. The minimum Gasteiger partial charge on any atom is -0.256 e. The third-order valence-electron chi connectivity index (χ3n) is 7.66. The van der Waals surface area contributed by atoms with Crippen LogP contribution in [0.2, 0.25) is 0 Å². The SMILES string of the molecule is Cc1ccc(-c2ccc3c(c2)-c2cc(C)ccc2C3(C)CCC2CCCCC2)nc1. The largest absolute Gasteiger partial charge is 0.256 e. The van der Waals surface area contributed by atoms with E-state index in [0.717, 1.165) is 11.6 Å². The van der Waals surface area contributed by atoms with E-state index in [0.29, 0.717) is 0 Å². The average molecular weight is 396 g/mol. The van der Waals surface area contributed by atoms with E-state index in [4.69, 9.17) is 0 Å². The highest BCUT2D eigenvalue weighted by atomic mass is 14.7. The van der Waals surface area contributed by atoms with E-state index in [1.807, 2.05) is 6.20 Å². The van der Waals surface area contributed by atoms with Crippen molar-refractivity contribution in [1.29, 1.82) is 0 Å². The van der Waals surface area contributed by atoms with Gasteiger partial charge in [-0.3, -0.25) is 4.98 Å². The fourth-order valence-electron chi connectivity index (χ4n) is 5.79. The number of hydrogen-bond donors (Lipinski definition) is 0. The summed E-state index contributed by atoms with van der Waals surface area (Å²) >= 11 is 0. The molecule has 1 aromatic heterocycles. The van der Waals surface area contributed by atoms with Gasteiger partial charge in [-0.15, -0.1) is 0 Å². The smallest absolute Gasteiger partial charge is 0.0702 e. The van der Waals surface area contributed by atoms with Gasteiger partial charge in [0.25, 0.3) is 0 Å². The summed E-state index contributed by atoms with van der Waals surface area (Å²) in [6.45, 7) is 6.79. The Morgan fingerprint density at radius 2 is 1.53 bits per heavy atom. The van der Waals surface area contributed by atoms with Crippen molar-refractivity contribution in [2.45, 2.75) is 71.1 Å². The summed E-state index contributed by atoms with van der Waals surface area (Å²) in [5.74, 6) is 0.921. The Morgan fingerprint density at radius 3 is 2.27 bits per heavy atom. The van der Waals surface area contributed by atoms with Crippen molar-refractivity contribution in [3.8, 4) is 22.4 Å². The van der Waals surface area contributed by atoms with E-state index in [1.54, 1.807) is 0 Å². The van der Waals surface area contributed by atoms with Gasteiger partial charge in [0.2, 0.25) is 0 Å². The summed E-state index contributed by atoms with van der Waals surface area (Å²) in [5, 5.41) is 0. The monoisotopic (exact) mass is 395 g/mol. The Bertz CT molecular complexity index is 1060. The van der Waals surface area contributed by atoms with Crippen molar-refractivity contribution in [2.75, 3.05) is 0 Å². The van der Waals surface area contributed by atoms with E-state index in [9.17, 15) is 0 Å². The second-order valence-corrected chi connectivity index (χ2v) is 9.91. The maximum atomic E-state index is 4.68. The van der Waals surface area contributed by atoms with Crippen LogP contribution in [0.5, 0.6) is 0 Å². The lowest BCUT2D eigenvalue weighted by Gasteiger charge is -2.31. The average Bonchev–Trinajstić information content (AvgIpc) is 3.01. The number of aromatic nitrogens is 1. The van der Waals surface area contributed by atoms with Crippen molar-refractivity contribution in [3.05, 3.63) is 77.0 Å². The molecule has 1 unspecified atom stereocenters. The number of pyridine rings is 1. The van der Waals surface area contributed by atoms with Gasteiger partial charge in [0, 0.05) is 17.2 Å². The van der Waals surface area contributed by atoms with Gasteiger partial charge < -0.3 is 0 Å². The van der Waals surface area contributed by atoms with Gasteiger partial charge in [-0.25, -0.2) is 0 Å². The lowest BCUT2D eigenvalue weighted by molar-refractivity contribution is 0.311. The molecule has 0 radical (unpaired) electrons. The number of rotatable bonds is 4. The van der Waals surface area contributed by atoms with Gasteiger partial charge >= 0.3 is 0 Å². The highest BCUT2D eigenvalue weighted by Crippen LogP contribution is 2.52. The number of benzene rings is 2. The predicted octanol–water partition coefficient (Wildman–Crippen LogP) is 8.01. The predicted molar refractivity (Wildman–Crippen MR) is 127 cm³/mol. The molecular weight excluding hydrogens is 362 g/mol. The molecule has 5 rings (SSSR count). The molecule has 0 saturated heterocycles. The second kappa shape index (κ2) is 7.69. The van der Waals surface area contributed by atoms with E-state index >= 15 is 0 Å². The maximum absolute atomic E-state index is 4.68. The molecule has 30 heavy (non-hydrogen) atoms. The Morgan fingerprint density at radius 1 is 0.833 bits per heavy atom. The van der Waals surface area contributed by atoms with Crippen LogP contribution >= 0.6 is 0 Å². The van der Waals surface area contributed by atoms with E-state index in [2.05, 4.69) is 74.3 Å². The first-order valence-corrected chi connectivity index (χ1v) is 11.7. The topological polar surface area (TPSA) is 12.9 Å². The summed E-state index contributed by atoms with van der Waals surface area (Å²) < 4.78 is 0. The fourth-order valence-corrected chi connectivity index (χ4v) is 5.79. The van der Waals surface area contributed by atoms with Gasteiger partial charge in [-0.05, 0) is 72.6 Å². The van der Waals surface area contributed by atoms with Gasteiger partial charge in [0.05, 0.1) is 5.69 Å². The first kappa shape index (κ1) is 19.5. The first-order valence-electron chi connectivity index (χ1n) is 11.7. The van der Waals surface area contributed by atoms with E-state index in [1.165, 1.54) is 83.9 Å². The molecule has 2 aromatic carbocycles. The van der Waals surface area contributed by atoms with Crippen LogP contribution in [0.1, 0.15) is 74.1 Å². The van der Waals surface area contributed by atoms with Crippen LogP contribution in [-0.4, -0.2) is 4.98 Å². The quantitative estimate of drug-likeness (QED) is 0.436. The highest BCUT2D eigenvalue weighted by Gasteiger charge is 2.39. The van der Waals surface area contributed by atoms with Crippen molar-refractivity contribution in [3.63, 3.8) is 0 Å². The minimum atomic E-state index is 0.120. The highest BCUT2D eigenvalue weighted by molar-refractivity contribution is 5.84. The molecule has 1 saturated carbocycles. The van der Waals surface area contributed by atoms with Crippen molar-refractivity contribution < 1.29 is 0 Å². The minimum absolute atomic E-state index is 0.120. The molecule has 154 valence electrons. The van der Waals surface area contributed by atoms with Gasteiger partial charge in [-0.2, -0.15) is 0 Å². The molecule has 2 aliphatic carbocycles. The third kappa shape index (κ3) is 3.39. The van der Waals surface area contributed by atoms with Crippen molar-refractivity contribution in [2.24, 2.45) is 5.92 Å². The molecular formula is C29H33N. The number of nitrogens with zero attached hydrogens (tertiary/aromatic N) is 1. The molecule has 3 aromatic rings. The zero-order chi connectivity index (χ0) is 20.7. The van der Waals surface area contributed by atoms with Crippen LogP contribution in [-0.2, 0) is 5.41 Å². The van der Waals surface area contributed by atoms with Gasteiger partial charge in [0.1, 0.15) is 0 Å². The zero-order valence-corrected chi connectivity index (χ0v) is 18.7. The summed E-state index contributed by atoms with van der Waals surface area (Å²) in [5.41, 5.74) is 10.8. The Hall–Kier alpha value is -2.41. The Kier molecular flexibility index (Phi) is 5.01. The van der Waals surface area contributed by atoms with Crippen LogP contribution in [0, 0.1) is 19.8 Å². The van der Waals surface area contributed by atoms with E-state index in [-0.39, 0.29) is 5.41 Å². The van der Waals surface area contributed by atoms with E-state index < -0.39 is 0 Å². The van der Waals surface area contributed by atoms with Crippen LogP contribution in [0.3, 0.4) is 0 Å². The summed E-state index contributed by atoms with van der Waals surface area (Å²) in [4.78, 5) is 4.68. The van der Waals surface area contributed by atoms with Crippen LogP contribution in [0.25, 0.3) is 22.4 Å². The Balaban J connectivity index is 1.55. The zero-order valence-electron chi connectivity index (χ0n) is 18.7. The van der Waals surface area contributed by atoms with Crippen LogP contribution < -0.4 is 0 Å².